The number of rotatable bonds is 3. The Morgan fingerprint density at radius 3 is 2.45 bits per heavy atom. The highest BCUT2D eigenvalue weighted by molar-refractivity contribution is 4.88. The summed E-state index contributed by atoms with van der Waals surface area (Å²) in [5.74, 6) is 0. The van der Waals surface area contributed by atoms with E-state index in [2.05, 4.69) is 31.1 Å². The summed E-state index contributed by atoms with van der Waals surface area (Å²) in [6.45, 7) is 5.81. The highest BCUT2D eigenvalue weighted by atomic mass is 15.2. The van der Waals surface area contributed by atoms with Gasteiger partial charge in [-0.25, -0.2) is 0 Å². The van der Waals surface area contributed by atoms with Crippen LogP contribution in [0.5, 0.6) is 0 Å². The van der Waals surface area contributed by atoms with Crippen molar-refractivity contribution in [3.63, 3.8) is 0 Å². The Bertz CT molecular complexity index is 132. The first-order chi connectivity index (χ1) is 5.05. The average molecular weight is 156 g/mol. The number of nitrogens with zero attached hydrogens (tertiary/aromatic N) is 1. The third kappa shape index (κ3) is 2.17. The van der Waals surface area contributed by atoms with Crippen molar-refractivity contribution in [2.24, 2.45) is 0 Å². The molecular formula is C9H20N2. The fourth-order valence-electron chi connectivity index (χ4n) is 1.52. The van der Waals surface area contributed by atoms with Gasteiger partial charge in [0.25, 0.3) is 0 Å². The standard InChI is InChI=1S/C9H20N2/c1-9(2,10-3)7-8-5-6-11(8)4/h8,10H,5-7H2,1-4H3. The van der Waals surface area contributed by atoms with Crippen LogP contribution in [-0.4, -0.2) is 37.1 Å². The van der Waals surface area contributed by atoms with Gasteiger partial charge in [0.05, 0.1) is 0 Å². The van der Waals surface area contributed by atoms with Crippen molar-refractivity contribution in [2.75, 3.05) is 20.6 Å². The van der Waals surface area contributed by atoms with Gasteiger partial charge in [-0.3, -0.25) is 0 Å². The zero-order valence-electron chi connectivity index (χ0n) is 8.15. The third-order valence-corrected chi connectivity index (χ3v) is 2.86. The van der Waals surface area contributed by atoms with Crippen LogP contribution in [0.3, 0.4) is 0 Å². The summed E-state index contributed by atoms with van der Waals surface area (Å²) in [5.41, 5.74) is 0.305. The first kappa shape index (κ1) is 9.01. The van der Waals surface area contributed by atoms with Gasteiger partial charge in [0.1, 0.15) is 0 Å². The number of hydrogen-bond acceptors (Lipinski definition) is 2. The molecule has 0 amide bonds. The second kappa shape index (κ2) is 3.11. The first-order valence-corrected chi connectivity index (χ1v) is 4.44. The summed E-state index contributed by atoms with van der Waals surface area (Å²) >= 11 is 0. The molecule has 1 unspecified atom stereocenters. The Kier molecular flexibility index (Phi) is 2.55. The van der Waals surface area contributed by atoms with Crippen LogP contribution in [0.25, 0.3) is 0 Å². The molecule has 1 aliphatic rings. The molecule has 0 spiro atoms. The summed E-state index contributed by atoms with van der Waals surface area (Å²) in [4.78, 5) is 2.43. The highest BCUT2D eigenvalue weighted by Crippen LogP contribution is 2.23. The lowest BCUT2D eigenvalue weighted by atomic mass is 9.89. The average Bonchev–Trinajstić information content (AvgIpc) is 1.98. The van der Waals surface area contributed by atoms with Crippen molar-refractivity contribution in [1.29, 1.82) is 0 Å². The molecule has 1 N–H and O–H groups in total. The van der Waals surface area contributed by atoms with Crippen molar-refractivity contribution < 1.29 is 0 Å². The van der Waals surface area contributed by atoms with Gasteiger partial charge in [-0.1, -0.05) is 0 Å². The molecule has 1 atom stereocenters. The predicted molar refractivity (Wildman–Crippen MR) is 48.8 cm³/mol. The van der Waals surface area contributed by atoms with E-state index < -0.39 is 0 Å². The van der Waals surface area contributed by atoms with Crippen LogP contribution in [0.4, 0.5) is 0 Å². The SMILES string of the molecule is CNC(C)(C)CC1CCN1C. The van der Waals surface area contributed by atoms with Crippen LogP contribution in [0, 0.1) is 0 Å². The molecule has 66 valence electrons. The normalized spacial score (nSPS) is 26.7. The maximum Gasteiger partial charge on any atom is 0.0137 e. The van der Waals surface area contributed by atoms with Crippen LogP contribution in [-0.2, 0) is 0 Å². The maximum absolute atomic E-state index is 3.33. The van der Waals surface area contributed by atoms with Crippen LogP contribution < -0.4 is 5.32 Å². The Balaban J connectivity index is 2.29. The van der Waals surface area contributed by atoms with E-state index in [1.807, 2.05) is 7.05 Å². The molecule has 1 rings (SSSR count). The molecule has 0 aromatic heterocycles. The molecule has 0 aliphatic carbocycles. The molecular weight excluding hydrogens is 136 g/mol. The number of likely N-dealkylation sites (tertiary alicyclic amines) is 1. The Morgan fingerprint density at radius 1 is 1.55 bits per heavy atom. The van der Waals surface area contributed by atoms with Crippen LogP contribution in [0.1, 0.15) is 26.7 Å². The van der Waals surface area contributed by atoms with E-state index >= 15 is 0 Å². The maximum atomic E-state index is 3.33. The minimum atomic E-state index is 0.305. The van der Waals surface area contributed by atoms with Crippen LogP contribution in [0.15, 0.2) is 0 Å². The van der Waals surface area contributed by atoms with E-state index in [0.29, 0.717) is 5.54 Å². The topological polar surface area (TPSA) is 15.3 Å². The van der Waals surface area contributed by atoms with Gasteiger partial charge in [-0.2, -0.15) is 0 Å². The quantitative estimate of drug-likeness (QED) is 0.658. The molecule has 2 nitrogen and oxygen atoms in total. The van der Waals surface area contributed by atoms with E-state index in [4.69, 9.17) is 0 Å². The van der Waals surface area contributed by atoms with Crippen molar-refractivity contribution in [2.45, 2.75) is 38.3 Å². The van der Waals surface area contributed by atoms with Gasteiger partial charge in [0.15, 0.2) is 0 Å². The van der Waals surface area contributed by atoms with Crippen LogP contribution in [0.2, 0.25) is 0 Å². The first-order valence-electron chi connectivity index (χ1n) is 4.44. The van der Waals surface area contributed by atoms with Crippen molar-refractivity contribution >= 4 is 0 Å². The minimum absolute atomic E-state index is 0.305. The Morgan fingerprint density at radius 2 is 2.18 bits per heavy atom. The van der Waals surface area contributed by atoms with Gasteiger partial charge in [-0.15, -0.1) is 0 Å². The fraction of sp³-hybridized carbons (Fsp3) is 1.00. The summed E-state index contributed by atoms with van der Waals surface area (Å²) < 4.78 is 0. The zero-order valence-corrected chi connectivity index (χ0v) is 8.15. The summed E-state index contributed by atoms with van der Waals surface area (Å²) in [6, 6.07) is 0.817. The fourth-order valence-corrected chi connectivity index (χ4v) is 1.52. The smallest absolute Gasteiger partial charge is 0.0137 e. The molecule has 1 aliphatic heterocycles. The Labute approximate surface area is 70.0 Å². The predicted octanol–water partition coefficient (Wildman–Crippen LogP) is 1.08. The number of nitrogens with one attached hydrogen (secondary N) is 1. The van der Waals surface area contributed by atoms with E-state index in [1.165, 1.54) is 19.4 Å². The molecule has 0 aromatic carbocycles. The molecule has 0 radical (unpaired) electrons. The molecule has 0 saturated carbocycles. The zero-order chi connectivity index (χ0) is 8.48. The lowest BCUT2D eigenvalue weighted by molar-refractivity contribution is 0.0943. The second-order valence-electron chi connectivity index (χ2n) is 4.26. The summed E-state index contributed by atoms with van der Waals surface area (Å²) in [7, 11) is 4.25. The van der Waals surface area contributed by atoms with Crippen molar-refractivity contribution in [3.8, 4) is 0 Å². The molecule has 11 heavy (non-hydrogen) atoms. The van der Waals surface area contributed by atoms with Gasteiger partial charge in [-0.05, 0) is 47.3 Å². The molecule has 1 heterocycles. The van der Waals surface area contributed by atoms with Crippen molar-refractivity contribution in [1.82, 2.24) is 10.2 Å². The summed E-state index contributed by atoms with van der Waals surface area (Å²) in [6.07, 6.45) is 2.64. The van der Waals surface area contributed by atoms with Gasteiger partial charge >= 0.3 is 0 Å². The molecule has 1 fully saturated rings. The van der Waals surface area contributed by atoms with Crippen LogP contribution >= 0.6 is 0 Å². The van der Waals surface area contributed by atoms with E-state index in [9.17, 15) is 0 Å². The van der Waals surface area contributed by atoms with Gasteiger partial charge in [0.2, 0.25) is 0 Å². The summed E-state index contributed by atoms with van der Waals surface area (Å²) in [5, 5.41) is 3.33. The van der Waals surface area contributed by atoms with Gasteiger partial charge < -0.3 is 10.2 Å². The molecule has 0 aromatic rings. The number of hydrogen-bond donors (Lipinski definition) is 1. The molecule has 0 bridgehead atoms. The third-order valence-electron chi connectivity index (χ3n) is 2.86. The van der Waals surface area contributed by atoms with Crippen molar-refractivity contribution in [3.05, 3.63) is 0 Å². The lowest BCUT2D eigenvalue weighted by Crippen LogP contribution is -2.51. The highest BCUT2D eigenvalue weighted by Gasteiger charge is 2.29. The Hall–Kier alpha value is -0.0800. The second-order valence-corrected chi connectivity index (χ2v) is 4.26. The lowest BCUT2D eigenvalue weighted by Gasteiger charge is -2.42. The largest absolute Gasteiger partial charge is 0.315 e. The van der Waals surface area contributed by atoms with Gasteiger partial charge in [0, 0.05) is 11.6 Å². The minimum Gasteiger partial charge on any atom is -0.315 e. The van der Waals surface area contributed by atoms with E-state index in [0.717, 1.165) is 6.04 Å². The van der Waals surface area contributed by atoms with E-state index in [1.54, 1.807) is 0 Å². The molecule has 2 heteroatoms. The van der Waals surface area contributed by atoms with E-state index in [-0.39, 0.29) is 0 Å². The molecule has 1 saturated heterocycles. The monoisotopic (exact) mass is 156 g/mol.